The summed E-state index contributed by atoms with van der Waals surface area (Å²) in [5, 5.41) is 5.18. The van der Waals surface area contributed by atoms with Gasteiger partial charge in [-0.25, -0.2) is 0 Å². The van der Waals surface area contributed by atoms with Crippen molar-refractivity contribution in [3.8, 4) is 0 Å². The van der Waals surface area contributed by atoms with Crippen molar-refractivity contribution in [3.05, 3.63) is 28.0 Å². The van der Waals surface area contributed by atoms with Crippen LogP contribution in [0, 0.1) is 0 Å². The molecule has 4 nitrogen and oxygen atoms in total. The maximum absolute atomic E-state index is 12.8. The Kier molecular flexibility index (Phi) is 5.72. The molecule has 2 aliphatic rings. The minimum atomic E-state index is -0.300. The Morgan fingerprint density at radius 3 is 2.71 bits per heavy atom. The molecular weight excluding hydrogens is 320 g/mol. The maximum Gasteiger partial charge on any atom is 0.250 e. The molecule has 1 aromatic heterocycles. The van der Waals surface area contributed by atoms with E-state index in [-0.39, 0.29) is 17.9 Å². The second-order valence-electron chi connectivity index (χ2n) is 6.84. The van der Waals surface area contributed by atoms with E-state index in [2.05, 4.69) is 5.32 Å². The molecule has 1 saturated heterocycles. The predicted molar refractivity (Wildman–Crippen MR) is 97.7 cm³/mol. The molecule has 0 radical (unpaired) electrons. The van der Waals surface area contributed by atoms with Crippen LogP contribution in [0.3, 0.4) is 0 Å². The van der Waals surface area contributed by atoms with Crippen molar-refractivity contribution in [2.75, 3.05) is 6.54 Å². The molecular formula is C19H26N2O2S. The van der Waals surface area contributed by atoms with Gasteiger partial charge in [-0.15, -0.1) is 11.3 Å². The number of nitrogens with one attached hydrogen (secondary N) is 1. The van der Waals surface area contributed by atoms with Crippen molar-refractivity contribution in [1.82, 2.24) is 10.2 Å². The van der Waals surface area contributed by atoms with Crippen LogP contribution in [0.15, 0.2) is 23.1 Å². The van der Waals surface area contributed by atoms with Crippen molar-refractivity contribution in [2.45, 2.75) is 64.0 Å². The molecule has 1 saturated carbocycles. The quantitative estimate of drug-likeness (QED) is 0.847. The van der Waals surface area contributed by atoms with E-state index in [1.165, 1.54) is 19.3 Å². The molecule has 2 heterocycles. The fraction of sp³-hybridized carbons (Fsp3) is 0.579. The molecule has 5 heteroatoms. The Balaban J connectivity index is 1.63. The van der Waals surface area contributed by atoms with Crippen molar-refractivity contribution in [3.63, 3.8) is 0 Å². The zero-order chi connectivity index (χ0) is 16.9. The summed E-state index contributed by atoms with van der Waals surface area (Å²) in [4.78, 5) is 28.2. The summed E-state index contributed by atoms with van der Waals surface area (Å²) in [7, 11) is 0. The van der Waals surface area contributed by atoms with Gasteiger partial charge in [-0.1, -0.05) is 25.3 Å². The van der Waals surface area contributed by atoms with Gasteiger partial charge in [-0.3, -0.25) is 9.59 Å². The number of amides is 2. The lowest BCUT2D eigenvalue weighted by Gasteiger charge is -2.28. The summed E-state index contributed by atoms with van der Waals surface area (Å²) in [6.45, 7) is 2.52. The summed E-state index contributed by atoms with van der Waals surface area (Å²) in [6, 6.07) is 3.97. The lowest BCUT2D eigenvalue weighted by molar-refractivity contribution is -0.136. The van der Waals surface area contributed by atoms with Gasteiger partial charge in [0.15, 0.2) is 0 Å². The van der Waals surface area contributed by atoms with E-state index < -0.39 is 0 Å². The minimum Gasteiger partial charge on any atom is -0.352 e. The Hall–Kier alpha value is -1.62. The first-order valence-corrected chi connectivity index (χ1v) is 9.86. The van der Waals surface area contributed by atoms with Crippen LogP contribution >= 0.6 is 11.3 Å². The van der Waals surface area contributed by atoms with Gasteiger partial charge in [-0.05, 0) is 50.1 Å². The molecule has 2 amide bonds. The maximum atomic E-state index is 12.8. The number of rotatable bonds is 4. The van der Waals surface area contributed by atoms with Gasteiger partial charge in [0.25, 0.3) is 0 Å². The molecule has 0 spiro atoms. The monoisotopic (exact) mass is 346 g/mol. The fourth-order valence-corrected chi connectivity index (χ4v) is 4.42. The number of carbonyl (C=O) groups is 2. The molecule has 1 N–H and O–H groups in total. The molecule has 24 heavy (non-hydrogen) atoms. The van der Waals surface area contributed by atoms with Crippen molar-refractivity contribution >= 4 is 29.2 Å². The van der Waals surface area contributed by atoms with Crippen LogP contribution in [0.1, 0.15) is 56.7 Å². The summed E-state index contributed by atoms with van der Waals surface area (Å²) in [5.74, 6) is 0.0290. The van der Waals surface area contributed by atoms with Crippen LogP contribution in [0.5, 0.6) is 0 Å². The molecule has 1 atom stereocenters. The van der Waals surface area contributed by atoms with Crippen molar-refractivity contribution < 1.29 is 9.59 Å². The van der Waals surface area contributed by atoms with Gasteiger partial charge >= 0.3 is 0 Å². The highest BCUT2D eigenvalue weighted by atomic mass is 32.1. The first kappa shape index (κ1) is 17.2. The van der Waals surface area contributed by atoms with Crippen LogP contribution in [-0.4, -0.2) is 35.3 Å². The second kappa shape index (κ2) is 7.97. The van der Waals surface area contributed by atoms with E-state index in [0.29, 0.717) is 18.2 Å². The highest BCUT2D eigenvalue weighted by Crippen LogP contribution is 2.23. The van der Waals surface area contributed by atoms with Gasteiger partial charge in [0.1, 0.15) is 6.04 Å². The average Bonchev–Trinajstić information content (AvgIpc) is 3.26. The third-order valence-corrected chi connectivity index (χ3v) is 5.83. The number of hydrogen-bond acceptors (Lipinski definition) is 3. The van der Waals surface area contributed by atoms with Crippen LogP contribution in [0.25, 0.3) is 6.08 Å². The zero-order valence-electron chi connectivity index (χ0n) is 14.3. The molecule has 0 bridgehead atoms. The highest BCUT2D eigenvalue weighted by Gasteiger charge is 2.35. The summed E-state index contributed by atoms with van der Waals surface area (Å²) >= 11 is 1.62. The molecule has 130 valence electrons. The first-order valence-electron chi connectivity index (χ1n) is 8.98. The van der Waals surface area contributed by atoms with E-state index in [0.717, 1.165) is 30.6 Å². The van der Waals surface area contributed by atoms with Crippen molar-refractivity contribution in [1.29, 1.82) is 0 Å². The second-order valence-corrected chi connectivity index (χ2v) is 7.82. The topological polar surface area (TPSA) is 49.4 Å². The molecule has 3 rings (SSSR count). The highest BCUT2D eigenvalue weighted by molar-refractivity contribution is 7.10. The third kappa shape index (κ3) is 4.07. The Morgan fingerprint density at radius 1 is 1.21 bits per heavy atom. The van der Waals surface area contributed by atoms with Gasteiger partial charge in [0, 0.05) is 23.0 Å². The largest absolute Gasteiger partial charge is 0.352 e. The van der Waals surface area contributed by atoms with Crippen LogP contribution in [-0.2, 0) is 9.59 Å². The minimum absolute atomic E-state index is 0.00954. The zero-order valence-corrected chi connectivity index (χ0v) is 15.1. The standard InChI is InChI=1S/C19H26N2O2S/c1-14(13-16-9-6-12-24-16)19(23)21-11-5-10-17(21)18(22)20-15-7-3-2-4-8-15/h6,9,12-13,15,17H,2-5,7-8,10-11H2,1H3,(H,20,22)/b14-13+/t17-/m0/s1. The lowest BCUT2D eigenvalue weighted by atomic mass is 9.95. The molecule has 1 aliphatic carbocycles. The van der Waals surface area contributed by atoms with Gasteiger partial charge in [-0.2, -0.15) is 0 Å². The Morgan fingerprint density at radius 2 is 2.00 bits per heavy atom. The predicted octanol–water partition coefficient (Wildman–Crippen LogP) is 3.59. The number of nitrogens with zero attached hydrogens (tertiary/aromatic N) is 1. The van der Waals surface area contributed by atoms with Gasteiger partial charge in [0.05, 0.1) is 0 Å². The number of carbonyl (C=O) groups excluding carboxylic acids is 2. The third-order valence-electron chi connectivity index (χ3n) is 5.01. The number of thiophene rings is 1. The van der Waals surface area contributed by atoms with Crippen LogP contribution in [0.4, 0.5) is 0 Å². The lowest BCUT2D eigenvalue weighted by Crippen LogP contribution is -2.49. The van der Waals surface area contributed by atoms with E-state index >= 15 is 0 Å². The average molecular weight is 346 g/mol. The van der Waals surface area contributed by atoms with E-state index in [1.54, 1.807) is 16.2 Å². The van der Waals surface area contributed by atoms with Gasteiger partial charge < -0.3 is 10.2 Å². The molecule has 1 aliphatic heterocycles. The van der Waals surface area contributed by atoms with E-state index in [1.807, 2.05) is 30.5 Å². The summed E-state index contributed by atoms with van der Waals surface area (Å²) < 4.78 is 0. The van der Waals surface area contributed by atoms with Gasteiger partial charge in [0.2, 0.25) is 11.8 Å². The molecule has 2 fully saturated rings. The fourth-order valence-electron chi connectivity index (χ4n) is 3.70. The summed E-state index contributed by atoms with van der Waals surface area (Å²) in [5.41, 5.74) is 0.704. The SMILES string of the molecule is C/C(=C\c1cccs1)C(=O)N1CCC[C@H]1C(=O)NC1CCCCC1. The van der Waals surface area contributed by atoms with Crippen LogP contribution < -0.4 is 5.32 Å². The number of likely N-dealkylation sites (tertiary alicyclic amines) is 1. The normalized spacial score (nSPS) is 22.6. The molecule has 0 unspecified atom stereocenters. The smallest absolute Gasteiger partial charge is 0.250 e. The Bertz CT molecular complexity index is 603. The Labute approximate surface area is 147 Å². The van der Waals surface area contributed by atoms with Crippen LogP contribution in [0.2, 0.25) is 0 Å². The molecule has 1 aromatic rings. The number of hydrogen-bond donors (Lipinski definition) is 1. The summed E-state index contributed by atoms with van der Waals surface area (Å²) in [6.07, 6.45) is 9.40. The molecule has 0 aromatic carbocycles. The first-order chi connectivity index (χ1) is 11.6. The van der Waals surface area contributed by atoms with Crippen molar-refractivity contribution in [2.24, 2.45) is 0 Å². The van der Waals surface area contributed by atoms with E-state index in [9.17, 15) is 9.59 Å². The van der Waals surface area contributed by atoms with E-state index in [4.69, 9.17) is 0 Å².